The van der Waals surface area contributed by atoms with Crippen LogP contribution in [0.4, 0.5) is 0 Å². The van der Waals surface area contributed by atoms with Gasteiger partial charge in [-0.2, -0.15) is 12.6 Å². The quantitative estimate of drug-likeness (QED) is 0.667. The SMILES string of the molecule is CC1CN2CCCC2CN1CCS. The third-order valence-electron chi connectivity index (χ3n) is 3.45. The largest absolute Gasteiger partial charge is 0.298 e. The summed E-state index contributed by atoms with van der Waals surface area (Å²) in [5.41, 5.74) is 0. The van der Waals surface area contributed by atoms with E-state index in [1.807, 2.05) is 0 Å². The van der Waals surface area contributed by atoms with Crippen molar-refractivity contribution in [3.63, 3.8) is 0 Å². The van der Waals surface area contributed by atoms with Crippen LogP contribution >= 0.6 is 12.6 Å². The van der Waals surface area contributed by atoms with Gasteiger partial charge in [0.1, 0.15) is 0 Å². The van der Waals surface area contributed by atoms with Gasteiger partial charge >= 0.3 is 0 Å². The van der Waals surface area contributed by atoms with Crippen LogP contribution < -0.4 is 0 Å². The van der Waals surface area contributed by atoms with Gasteiger partial charge in [0.2, 0.25) is 0 Å². The lowest BCUT2D eigenvalue weighted by Crippen LogP contribution is -2.55. The van der Waals surface area contributed by atoms with E-state index in [4.69, 9.17) is 0 Å². The maximum absolute atomic E-state index is 4.31. The predicted molar refractivity (Wildman–Crippen MR) is 59.5 cm³/mol. The molecule has 0 aromatic carbocycles. The van der Waals surface area contributed by atoms with Crippen molar-refractivity contribution in [1.82, 2.24) is 9.80 Å². The zero-order chi connectivity index (χ0) is 9.26. The number of fused-ring (bicyclic) bond motifs is 1. The minimum Gasteiger partial charge on any atom is -0.298 e. The first-order valence-corrected chi connectivity index (χ1v) is 6.03. The summed E-state index contributed by atoms with van der Waals surface area (Å²) in [6.45, 7) is 7.40. The Labute approximate surface area is 86.7 Å². The summed E-state index contributed by atoms with van der Waals surface area (Å²) in [6, 6.07) is 1.59. The zero-order valence-corrected chi connectivity index (χ0v) is 9.34. The van der Waals surface area contributed by atoms with Gasteiger partial charge in [0.15, 0.2) is 0 Å². The highest BCUT2D eigenvalue weighted by molar-refractivity contribution is 7.80. The maximum atomic E-state index is 4.31. The van der Waals surface area contributed by atoms with Crippen molar-refractivity contribution in [2.24, 2.45) is 0 Å². The molecule has 0 aliphatic carbocycles. The number of rotatable bonds is 2. The Morgan fingerprint density at radius 1 is 1.38 bits per heavy atom. The van der Waals surface area contributed by atoms with Crippen LogP contribution in [0, 0.1) is 0 Å². The van der Waals surface area contributed by atoms with Crippen LogP contribution in [0.5, 0.6) is 0 Å². The highest BCUT2D eigenvalue weighted by atomic mass is 32.1. The molecule has 0 aromatic rings. The van der Waals surface area contributed by atoms with Crippen molar-refractivity contribution in [3.05, 3.63) is 0 Å². The van der Waals surface area contributed by atoms with Crippen LogP contribution in [0.3, 0.4) is 0 Å². The molecule has 0 aromatic heterocycles. The van der Waals surface area contributed by atoms with Gasteiger partial charge in [0, 0.05) is 37.5 Å². The van der Waals surface area contributed by atoms with Crippen molar-refractivity contribution in [2.75, 3.05) is 31.9 Å². The molecule has 3 heteroatoms. The number of nitrogens with zero attached hydrogens (tertiary/aromatic N) is 2. The lowest BCUT2D eigenvalue weighted by atomic mass is 10.1. The molecule has 0 amide bonds. The third kappa shape index (κ3) is 2.03. The summed E-state index contributed by atoms with van der Waals surface area (Å²) in [7, 11) is 0. The first-order valence-electron chi connectivity index (χ1n) is 5.40. The average molecular weight is 200 g/mol. The molecule has 0 radical (unpaired) electrons. The van der Waals surface area contributed by atoms with Gasteiger partial charge in [-0.1, -0.05) is 0 Å². The molecule has 2 nitrogen and oxygen atoms in total. The molecule has 2 rings (SSSR count). The van der Waals surface area contributed by atoms with E-state index < -0.39 is 0 Å². The van der Waals surface area contributed by atoms with Gasteiger partial charge in [-0.3, -0.25) is 9.80 Å². The van der Waals surface area contributed by atoms with E-state index in [0.717, 1.165) is 24.4 Å². The Morgan fingerprint density at radius 3 is 3.00 bits per heavy atom. The molecule has 0 spiro atoms. The summed E-state index contributed by atoms with van der Waals surface area (Å²) < 4.78 is 0. The second-order valence-electron chi connectivity index (χ2n) is 4.36. The average Bonchev–Trinajstić information content (AvgIpc) is 2.52. The summed E-state index contributed by atoms with van der Waals surface area (Å²) in [6.07, 6.45) is 2.82. The zero-order valence-electron chi connectivity index (χ0n) is 8.45. The Bertz CT molecular complexity index is 174. The van der Waals surface area contributed by atoms with Crippen LogP contribution in [0.2, 0.25) is 0 Å². The Hall–Kier alpha value is 0.270. The minimum atomic E-state index is 0.737. The molecule has 0 bridgehead atoms. The van der Waals surface area contributed by atoms with Crippen LogP contribution in [0.25, 0.3) is 0 Å². The summed E-state index contributed by atoms with van der Waals surface area (Å²) in [4.78, 5) is 5.26. The molecule has 13 heavy (non-hydrogen) atoms. The molecule has 2 atom stereocenters. The fourth-order valence-corrected chi connectivity index (χ4v) is 2.94. The van der Waals surface area contributed by atoms with E-state index in [2.05, 4.69) is 29.4 Å². The predicted octanol–water partition coefficient (Wildman–Crippen LogP) is 1.08. The van der Waals surface area contributed by atoms with Gasteiger partial charge in [-0.15, -0.1) is 0 Å². The molecular formula is C10H20N2S. The van der Waals surface area contributed by atoms with Gasteiger partial charge in [0.05, 0.1) is 0 Å². The second-order valence-corrected chi connectivity index (χ2v) is 4.81. The highest BCUT2D eigenvalue weighted by Crippen LogP contribution is 2.24. The fraction of sp³-hybridized carbons (Fsp3) is 1.00. The van der Waals surface area contributed by atoms with E-state index in [0.29, 0.717) is 0 Å². The monoisotopic (exact) mass is 200 g/mol. The van der Waals surface area contributed by atoms with Gasteiger partial charge in [0.25, 0.3) is 0 Å². The topological polar surface area (TPSA) is 6.48 Å². The van der Waals surface area contributed by atoms with E-state index >= 15 is 0 Å². The van der Waals surface area contributed by atoms with Crippen molar-refractivity contribution >= 4 is 12.6 Å². The first-order chi connectivity index (χ1) is 6.31. The van der Waals surface area contributed by atoms with E-state index in [9.17, 15) is 0 Å². The van der Waals surface area contributed by atoms with E-state index in [1.165, 1.54) is 32.5 Å². The lowest BCUT2D eigenvalue weighted by Gasteiger charge is -2.42. The van der Waals surface area contributed by atoms with Gasteiger partial charge < -0.3 is 0 Å². The van der Waals surface area contributed by atoms with Crippen LogP contribution in [-0.4, -0.2) is 53.8 Å². The van der Waals surface area contributed by atoms with Gasteiger partial charge in [-0.25, -0.2) is 0 Å². The molecule has 2 fully saturated rings. The summed E-state index contributed by atoms with van der Waals surface area (Å²) >= 11 is 4.31. The Morgan fingerprint density at radius 2 is 2.23 bits per heavy atom. The Balaban J connectivity index is 1.93. The minimum absolute atomic E-state index is 0.737. The molecule has 0 N–H and O–H groups in total. The fourth-order valence-electron chi connectivity index (χ4n) is 2.69. The number of hydrogen-bond donors (Lipinski definition) is 1. The second kappa shape index (κ2) is 4.20. The third-order valence-corrected chi connectivity index (χ3v) is 3.65. The van der Waals surface area contributed by atoms with E-state index in [-0.39, 0.29) is 0 Å². The van der Waals surface area contributed by atoms with Crippen molar-refractivity contribution < 1.29 is 0 Å². The molecule has 2 aliphatic heterocycles. The molecule has 2 saturated heterocycles. The van der Waals surface area contributed by atoms with Crippen molar-refractivity contribution in [2.45, 2.75) is 31.8 Å². The standard InChI is InChI=1S/C10H20N2S/c1-9-7-12-4-2-3-10(12)8-11(9)5-6-13/h9-10,13H,2-8H2,1H3. The number of hydrogen-bond acceptors (Lipinski definition) is 3. The Kier molecular flexibility index (Phi) is 3.17. The molecule has 2 unspecified atom stereocenters. The normalized spacial score (nSPS) is 36.5. The highest BCUT2D eigenvalue weighted by Gasteiger charge is 2.33. The molecule has 0 saturated carbocycles. The first kappa shape index (κ1) is 9.81. The van der Waals surface area contributed by atoms with Gasteiger partial charge in [-0.05, 0) is 26.3 Å². The smallest absolute Gasteiger partial charge is 0.0224 e. The molecular weight excluding hydrogens is 180 g/mol. The van der Waals surface area contributed by atoms with Crippen LogP contribution in [0.15, 0.2) is 0 Å². The lowest BCUT2D eigenvalue weighted by molar-refractivity contribution is 0.0646. The van der Waals surface area contributed by atoms with Crippen LogP contribution in [0.1, 0.15) is 19.8 Å². The maximum Gasteiger partial charge on any atom is 0.0224 e. The summed E-state index contributed by atoms with van der Waals surface area (Å²) in [5, 5.41) is 0. The molecule has 2 aliphatic rings. The van der Waals surface area contributed by atoms with E-state index in [1.54, 1.807) is 0 Å². The molecule has 76 valence electrons. The van der Waals surface area contributed by atoms with Crippen molar-refractivity contribution in [3.8, 4) is 0 Å². The number of thiol groups is 1. The number of piperazine rings is 1. The van der Waals surface area contributed by atoms with Crippen LogP contribution in [-0.2, 0) is 0 Å². The summed E-state index contributed by atoms with van der Waals surface area (Å²) in [5.74, 6) is 0.997. The van der Waals surface area contributed by atoms with Crippen molar-refractivity contribution in [1.29, 1.82) is 0 Å². The molecule has 2 heterocycles.